The summed E-state index contributed by atoms with van der Waals surface area (Å²) in [6.45, 7) is 6.87. The van der Waals surface area contributed by atoms with Gasteiger partial charge in [-0.25, -0.2) is 0 Å². The molecule has 47 heavy (non-hydrogen) atoms. The van der Waals surface area contributed by atoms with Crippen LogP contribution in [0.4, 0.5) is 11.4 Å². The fourth-order valence-electron chi connectivity index (χ4n) is 7.28. The number of hydrogen-bond acceptors (Lipinski definition) is 2. The second-order valence-electron chi connectivity index (χ2n) is 13.9. The first-order valence-corrected chi connectivity index (χ1v) is 18.9. The Balaban J connectivity index is 1.59. The van der Waals surface area contributed by atoms with Crippen LogP contribution in [0.25, 0.3) is 0 Å². The van der Waals surface area contributed by atoms with Gasteiger partial charge in [-0.3, -0.25) is 0 Å². The topological polar surface area (TPSA) is 52.0 Å². The molecular formula is C45H62N2. The minimum atomic E-state index is 0.408. The van der Waals surface area contributed by atoms with Crippen molar-refractivity contribution in [1.29, 1.82) is 0 Å². The van der Waals surface area contributed by atoms with Crippen LogP contribution in [0.15, 0.2) is 97.1 Å². The molecule has 0 radical (unpaired) electrons. The van der Waals surface area contributed by atoms with E-state index in [1.165, 1.54) is 130 Å². The molecule has 4 aromatic carbocycles. The molecule has 0 aliphatic carbocycles. The molecule has 2 atom stereocenters. The minimum Gasteiger partial charge on any atom is -0.399 e. The van der Waals surface area contributed by atoms with Gasteiger partial charge in [0, 0.05) is 29.1 Å². The van der Waals surface area contributed by atoms with Gasteiger partial charge in [0.05, 0.1) is 0 Å². The molecule has 0 heterocycles. The van der Waals surface area contributed by atoms with Crippen molar-refractivity contribution >= 4 is 11.4 Å². The monoisotopic (exact) mass is 630 g/mol. The maximum atomic E-state index is 6.05. The lowest BCUT2D eigenvalue weighted by molar-refractivity contribution is 0.567. The molecule has 2 nitrogen and oxygen atoms in total. The van der Waals surface area contributed by atoms with E-state index in [-0.39, 0.29) is 0 Å². The van der Waals surface area contributed by atoms with E-state index in [1.54, 1.807) is 0 Å². The van der Waals surface area contributed by atoms with E-state index >= 15 is 0 Å². The lowest BCUT2D eigenvalue weighted by atomic mass is 9.82. The second-order valence-corrected chi connectivity index (χ2v) is 13.9. The fourth-order valence-corrected chi connectivity index (χ4v) is 7.28. The van der Waals surface area contributed by atoms with Gasteiger partial charge in [-0.15, -0.1) is 0 Å². The number of benzene rings is 4. The highest BCUT2D eigenvalue weighted by atomic mass is 14.5. The summed E-state index contributed by atoms with van der Waals surface area (Å²) in [6, 6.07) is 36.5. The molecule has 4 rings (SSSR count). The molecule has 0 fully saturated rings. The number of hydrogen-bond donors (Lipinski definition) is 2. The van der Waals surface area contributed by atoms with E-state index in [4.69, 9.17) is 11.5 Å². The molecule has 252 valence electrons. The van der Waals surface area contributed by atoms with Gasteiger partial charge in [-0.2, -0.15) is 0 Å². The van der Waals surface area contributed by atoms with Crippen molar-refractivity contribution in [2.45, 2.75) is 135 Å². The molecular weight excluding hydrogens is 569 g/mol. The molecule has 0 aliphatic rings. The zero-order valence-electron chi connectivity index (χ0n) is 29.7. The van der Waals surface area contributed by atoms with Gasteiger partial charge in [-0.05, 0) is 76.9 Å². The Morgan fingerprint density at radius 2 is 0.532 bits per heavy atom. The molecule has 4 aromatic rings. The van der Waals surface area contributed by atoms with Gasteiger partial charge in [0.1, 0.15) is 0 Å². The molecule has 4 N–H and O–H groups in total. The molecule has 0 amide bonds. The van der Waals surface area contributed by atoms with E-state index < -0.39 is 0 Å². The Kier molecular flexibility index (Phi) is 15.4. The molecule has 0 aromatic heterocycles. The number of anilines is 2. The predicted octanol–water partition coefficient (Wildman–Crippen LogP) is 13.2. The maximum absolute atomic E-state index is 6.05. The SMILES string of the molecule is CCCCCCCCC(c1ccc(C(CCCCC)c2ccc(N)cc2)cc1)c1ccc(C(CCCCC)c2ccc(N)cc2)cc1. The van der Waals surface area contributed by atoms with E-state index in [0.717, 1.165) is 11.4 Å². The van der Waals surface area contributed by atoms with Gasteiger partial charge in [0.15, 0.2) is 0 Å². The van der Waals surface area contributed by atoms with Crippen LogP contribution in [-0.2, 0) is 0 Å². The molecule has 0 aliphatic heterocycles. The van der Waals surface area contributed by atoms with E-state index in [0.29, 0.717) is 17.8 Å². The van der Waals surface area contributed by atoms with Gasteiger partial charge in [-0.1, -0.05) is 171 Å². The summed E-state index contributed by atoms with van der Waals surface area (Å²) in [6.07, 6.45) is 19.0. The smallest absolute Gasteiger partial charge is 0.0314 e. The molecule has 0 saturated heterocycles. The van der Waals surface area contributed by atoms with Gasteiger partial charge in [0.25, 0.3) is 0 Å². The molecule has 0 spiro atoms. The third kappa shape index (κ3) is 11.3. The van der Waals surface area contributed by atoms with Crippen molar-refractivity contribution in [2.75, 3.05) is 11.5 Å². The zero-order valence-corrected chi connectivity index (χ0v) is 29.7. The van der Waals surface area contributed by atoms with E-state index in [2.05, 4.69) is 118 Å². The first kappa shape index (κ1) is 36.3. The first-order valence-electron chi connectivity index (χ1n) is 18.9. The molecule has 2 heteroatoms. The Morgan fingerprint density at radius 1 is 0.319 bits per heavy atom. The second kappa shape index (κ2) is 20.0. The summed E-state index contributed by atoms with van der Waals surface area (Å²) in [5, 5.41) is 0. The zero-order chi connectivity index (χ0) is 33.3. The first-order chi connectivity index (χ1) is 23.0. The summed E-state index contributed by atoms with van der Waals surface area (Å²) in [7, 11) is 0. The highest BCUT2D eigenvalue weighted by molar-refractivity contribution is 5.45. The van der Waals surface area contributed by atoms with E-state index in [9.17, 15) is 0 Å². The lowest BCUT2D eigenvalue weighted by Crippen LogP contribution is -2.06. The van der Waals surface area contributed by atoms with Crippen LogP contribution in [0.2, 0.25) is 0 Å². The summed E-state index contributed by atoms with van der Waals surface area (Å²) < 4.78 is 0. The van der Waals surface area contributed by atoms with Gasteiger partial charge < -0.3 is 11.5 Å². The van der Waals surface area contributed by atoms with Crippen LogP contribution >= 0.6 is 0 Å². The standard InChI is InChI=1S/C45H62N2/c1-4-7-10-11-12-15-18-45(37-23-19-35(20-24-37)43(16-13-8-5-2)39-27-31-41(46)32-28-39)38-25-21-36(22-26-38)44(17-14-9-6-3)40-29-33-42(47)34-30-40/h19-34,43-45H,4-18,46-47H2,1-3H3. The number of nitrogens with two attached hydrogens (primary N) is 2. The fraction of sp³-hybridized carbons (Fsp3) is 0.467. The highest BCUT2D eigenvalue weighted by Gasteiger charge is 2.19. The summed E-state index contributed by atoms with van der Waals surface area (Å²) in [4.78, 5) is 0. The maximum Gasteiger partial charge on any atom is 0.0314 e. The summed E-state index contributed by atoms with van der Waals surface area (Å²) in [5.74, 6) is 1.23. The van der Waals surface area contributed by atoms with E-state index in [1.807, 2.05) is 0 Å². The third-order valence-corrected chi connectivity index (χ3v) is 10.2. The average Bonchev–Trinajstić information content (AvgIpc) is 3.10. The van der Waals surface area contributed by atoms with Crippen molar-refractivity contribution in [3.05, 3.63) is 130 Å². The van der Waals surface area contributed by atoms with Gasteiger partial charge in [0.2, 0.25) is 0 Å². The normalized spacial score (nSPS) is 13.3. The van der Waals surface area contributed by atoms with Crippen molar-refractivity contribution in [3.63, 3.8) is 0 Å². The Hall–Kier alpha value is -3.52. The number of rotatable bonds is 21. The Bertz CT molecular complexity index is 1280. The third-order valence-electron chi connectivity index (χ3n) is 10.2. The van der Waals surface area contributed by atoms with Crippen molar-refractivity contribution < 1.29 is 0 Å². The van der Waals surface area contributed by atoms with Crippen molar-refractivity contribution in [2.24, 2.45) is 0 Å². The van der Waals surface area contributed by atoms with Crippen LogP contribution in [0.1, 0.15) is 168 Å². The quantitative estimate of drug-likeness (QED) is 0.0711. The highest BCUT2D eigenvalue weighted by Crippen LogP contribution is 2.37. The lowest BCUT2D eigenvalue weighted by Gasteiger charge is -2.23. The van der Waals surface area contributed by atoms with Crippen molar-refractivity contribution in [1.82, 2.24) is 0 Å². The summed E-state index contributed by atoms with van der Waals surface area (Å²) >= 11 is 0. The summed E-state index contributed by atoms with van der Waals surface area (Å²) in [5.41, 5.74) is 22.2. The van der Waals surface area contributed by atoms with Crippen LogP contribution in [0.5, 0.6) is 0 Å². The molecule has 0 saturated carbocycles. The van der Waals surface area contributed by atoms with Crippen LogP contribution in [0, 0.1) is 0 Å². The molecule has 2 unspecified atom stereocenters. The van der Waals surface area contributed by atoms with Crippen LogP contribution < -0.4 is 11.5 Å². The average molecular weight is 631 g/mol. The number of unbranched alkanes of at least 4 members (excludes halogenated alkanes) is 9. The predicted molar refractivity (Wildman–Crippen MR) is 206 cm³/mol. The Morgan fingerprint density at radius 3 is 0.830 bits per heavy atom. The largest absolute Gasteiger partial charge is 0.399 e. The van der Waals surface area contributed by atoms with Crippen molar-refractivity contribution in [3.8, 4) is 0 Å². The molecule has 0 bridgehead atoms. The van der Waals surface area contributed by atoms with Gasteiger partial charge >= 0.3 is 0 Å². The Labute approximate surface area is 287 Å². The van der Waals surface area contributed by atoms with Crippen LogP contribution in [0.3, 0.4) is 0 Å². The van der Waals surface area contributed by atoms with Crippen LogP contribution in [-0.4, -0.2) is 0 Å². The minimum absolute atomic E-state index is 0.408. The number of nitrogen functional groups attached to an aromatic ring is 2.